The third-order valence-corrected chi connectivity index (χ3v) is 3.09. The summed E-state index contributed by atoms with van der Waals surface area (Å²) in [5.74, 6) is -1.16. The van der Waals surface area contributed by atoms with Crippen molar-refractivity contribution in [1.82, 2.24) is 0 Å². The lowest BCUT2D eigenvalue weighted by molar-refractivity contribution is 0.542. The Kier molecular flexibility index (Phi) is 1.92. The minimum atomic E-state index is -0.592. The van der Waals surface area contributed by atoms with Crippen LogP contribution in [0.25, 0.3) is 0 Å². The number of nitrogens with two attached hydrogens (primary N) is 1. The summed E-state index contributed by atoms with van der Waals surface area (Å²) in [5.41, 5.74) is 5.65. The summed E-state index contributed by atoms with van der Waals surface area (Å²) in [6, 6.07) is 2.65. The Labute approximate surface area is 83.1 Å². The third kappa shape index (κ3) is 1.38. The van der Waals surface area contributed by atoms with Crippen molar-refractivity contribution >= 4 is 15.9 Å². The molecule has 0 atom stereocenters. The molecule has 0 heterocycles. The lowest BCUT2D eigenvalue weighted by Gasteiger charge is -2.11. The van der Waals surface area contributed by atoms with Gasteiger partial charge in [0, 0.05) is 11.1 Å². The van der Waals surface area contributed by atoms with Gasteiger partial charge < -0.3 is 5.73 Å². The largest absolute Gasteiger partial charge is 0.321 e. The van der Waals surface area contributed by atoms with Gasteiger partial charge in [-0.2, -0.15) is 0 Å². The van der Waals surface area contributed by atoms with Crippen molar-refractivity contribution in [2.75, 3.05) is 0 Å². The SMILES string of the molecule is NC1(c2ccc(F)c(Br)c2F)CC1. The van der Waals surface area contributed by atoms with E-state index in [-0.39, 0.29) is 4.47 Å². The zero-order valence-corrected chi connectivity index (χ0v) is 8.37. The lowest BCUT2D eigenvalue weighted by Crippen LogP contribution is -2.20. The predicted molar refractivity (Wildman–Crippen MR) is 49.2 cm³/mol. The monoisotopic (exact) mass is 247 g/mol. The molecule has 4 heteroatoms. The van der Waals surface area contributed by atoms with Gasteiger partial charge in [0.05, 0.1) is 4.47 Å². The average Bonchev–Trinajstić information content (AvgIpc) is 2.80. The van der Waals surface area contributed by atoms with Crippen LogP contribution in [0.5, 0.6) is 0 Å². The lowest BCUT2D eigenvalue weighted by atomic mass is 10.1. The molecule has 0 aromatic heterocycles. The molecule has 1 saturated carbocycles. The minimum Gasteiger partial charge on any atom is -0.321 e. The summed E-state index contributed by atoms with van der Waals surface area (Å²) in [6.45, 7) is 0. The average molecular weight is 248 g/mol. The molecule has 0 radical (unpaired) electrons. The Balaban J connectivity index is 2.54. The standard InChI is InChI=1S/C9H8BrF2N/c10-7-6(11)2-1-5(8(7)12)9(13)3-4-9/h1-2H,3-4,13H2. The number of halogens is 3. The fourth-order valence-corrected chi connectivity index (χ4v) is 1.66. The van der Waals surface area contributed by atoms with E-state index in [9.17, 15) is 8.78 Å². The highest BCUT2D eigenvalue weighted by Gasteiger charge is 2.42. The van der Waals surface area contributed by atoms with Crippen molar-refractivity contribution in [1.29, 1.82) is 0 Å². The normalized spacial score (nSPS) is 18.8. The molecule has 0 bridgehead atoms. The summed E-state index contributed by atoms with van der Waals surface area (Å²) < 4.78 is 26.1. The molecule has 0 aliphatic heterocycles. The highest BCUT2D eigenvalue weighted by Crippen LogP contribution is 2.44. The van der Waals surface area contributed by atoms with Crippen LogP contribution >= 0.6 is 15.9 Å². The Hall–Kier alpha value is -0.480. The molecule has 1 fully saturated rings. The summed E-state index contributed by atoms with van der Waals surface area (Å²) in [6.07, 6.45) is 1.53. The molecule has 1 aliphatic rings. The first-order chi connectivity index (χ1) is 6.04. The van der Waals surface area contributed by atoms with E-state index in [1.54, 1.807) is 0 Å². The summed E-state index contributed by atoms with van der Waals surface area (Å²) >= 11 is 2.84. The maximum absolute atomic E-state index is 13.4. The number of rotatable bonds is 1. The molecule has 0 saturated heterocycles. The number of hydrogen-bond acceptors (Lipinski definition) is 1. The van der Waals surface area contributed by atoms with Crippen LogP contribution < -0.4 is 5.73 Å². The molecular weight excluding hydrogens is 240 g/mol. The maximum atomic E-state index is 13.4. The van der Waals surface area contributed by atoms with Crippen LogP contribution in [-0.4, -0.2) is 0 Å². The van der Waals surface area contributed by atoms with E-state index < -0.39 is 17.2 Å². The molecule has 1 aromatic rings. The smallest absolute Gasteiger partial charge is 0.145 e. The van der Waals surface area contributed by atoms with E-state index in [1.165, 1.54) is 12.1 Å². The van der Waals surface area contributed by atoms with Gasteiger partial charge in [-0.25, -0.2) is 8.78 Å². The highest BCUT2D eigenvalue weighted by molar-refractivity contribution is 9.10. The summed E-state index contributed by atoms with van der Waals surface area (Å²) in [7, 11) is 0. The number of benzene rings is 1. The van der Waals surface area contributed by atoms with E-state index >= 15 is 0 Å². The van der Waals surface area contributed by atoms with E-state index in [4.69, 9.17) is 5.73 Å². The first-order valence-electron chi connectivity index (χ1n) is 3.97. The molecule has 2 N–H and O–H groups in total. The van der Waals surface area contributed by atoms with Gasteiger partial charge >= 0.3 is 0 Å². The van der Waals surface area contributed by atoms with Crippen LogP contribution in [-0.2, 0) is 5.54 Å². The minimum absolute atomic E-state index is 0.123. The van der Waals surface area contributed by atoms with Gasteiger partial charge in [0.15, 0.2) is 0 Å². The van der Waals surface area contributed by atoms with Gasteiger partial charge in [-0.05, 0) is 34.8 Å². The van der Waals surface area contributed by atoms with Crippen LogP contribution in [0.1, 0.15) is 18.4 Å². The molecule has 70 valence electrons. The van der Waals surface area contributed by atoms with E-state index in [2.05, 4.69) is 15.9 Å². The molecule has 13 heavy (non-hydrogen) atoms. The van der Waals surface area contributed by atoms with Crippen LogP contribution in [0.4, 0.5) is 8.78 Å². The van der Waals surface area contributed by atoms with Gasteiger partial charge in [0.1, 0.15) is 11.6 Å². The Bertz CT molecular complexity index is 361. The van der Waals surface area contributed by atoms with Crippen LogP contribution in [0, 0.1) is 11.6 Å². The molecule has 0 spiro atoms. The number of hydrogen-bond donors (Lipinski definition) is 1. The van der Waals surface area contributed by atoms with Gasteiger partial charge in [-0.15, -0.1) is 0 Å². The fourth-order valence-electron chi connectivity index (χ4n) is 1.31. The Morgan fingerprint density at radius 3 is 2.46 bits per heavy atom. The molecule has 0 amide bonds. The molecule has 1 nitrogen and oxygen atoms in total. The first kappa shape index (κ1) is 9.09. The molecule has 1 aromatic carbocycles. The van der Waals surface area contributed by atoms with Crippen molar-refractivity contribution in [3.63, 3.8) is 0 Å². The van der Waals surface area contributed by atoms with Gasteiger partial charge in [-0.1, -0.05) is 6.07 Å². The Morgan fingerprint density at radius 1 is 1.31 bits per heavy atom. The van der Waals surface area contributed by atoms with E-state index in [0.717, 1.165) is 12.8 Å². The van der Waals surface area contributed by atoms with Crippen LogP contribution in [0.3, 0.4) is 0 Å². The second-order valence-corrected chi connectivity index (χ2v) is 4.17. The Morgan fingerprint density at radius 2 is 1.92 bits per heavy atom. The second kappa shape index (κ2) is 2.75. The fraction of sp³-hybridized carbons (Fsp3) is 0.333. The van der Waals surface area contributed by atoms with Crippen LogP contribution in [0.2, 0.25) is 0 Å². The topological polar surface area (TPSA) is 26.0 Å². The quantitative estimate of drug-likeness (QED) is 0.759. The maximum Gasteiger partial charge on any atom is 0.145 e. The van der Waals surface area contributed by atoms with Crippen molar-refractivity contribution in [2.24, 2.45) is 5.73 Å². The molecular formula is C9H8BrF2N. The second-order valence-electron chi connectivity index (χ2n) is 3.38. The third-order valence-electron chi connectivity index (χ3n) is 2.36. The molecule has 0 unspecified atom stereocenters. The van der Waals surface area contributed by atoms with Gasteiger partial charge in [0.2, 0.25) is 0 Å². The van der Waals surface area contributed by atoms with Gasteiger partial charge in [0.25, 0.3) is 0 Å². The van der Waals surface area contributed by atoms with Crippen LogP contribution in [0.15, 0.2) is 16.6 Å². The zero-order valence-electron chi connectivity index (χ0n) is 6.78. The molecule has 1 aliphatic carbocycles. The predicted octanol–water partition coefficient (Wildman–Crippen LogP) is 2.68. The van der Waals surface area contributed by atoms with Gasteiger partial charge in [-0.3, -0.25) is 0 Å². The zero-order chi connectivity index (χ0) is 9.64. The summed E-state index contributed by atoms with van der Waals surface area (Å²) in [4.78, 5) is 0. The van der Waals surface area contributed by atoms with Crippen molar-refractivity contribution in [3.05, 3.63) is 33.8 Å². The van der Waals surface area contributed by atoms with Crippen molar-refractivity contribution < 1.29 is 8.78 Å². The first-order valence-corrected chi connectivity index (χ1v) is 4.77. The summed E-state index contributed by atoms with van der Waals surface area (Å²) in [5, 5.41) is 0. The van der Waals surface area contributed by atoms with Crippen molar-refractivity contribution in [3.8, 4) is 0 Å². The van der Waals surface area contributed by atoms with Crippen molar-refractivity contribution in [2.45, 2.75) is 18.4 Å². The van der Waals surface area contributed by atoms with E-state index in [0.29, 0.717) is 5.56 Å². The molecule has 2 rings (SSSR count). The highest BCUT2D eigenvalue weighted by atomic mass is 79.9. The van der Waals surface area contributed by atoms with E-state index in [1.807, 2.05) is 0 Å².